The van der Waals surface area contributed by atoms with Crippen molar-refractivity contribution >= 4 is 5.91 Å². The summed E-state index contributed by atoms with van der Waals surface area (Å²) in [6.07, 6.45) is 2.60. The minimum Gasteiger partial charge on any atom is -0.493 e. The largest absolute Gasteiger partial charge is 0.493 e. The molecular formula is C13H17NO3. The van der Waals surface area contributed by atoms with Gasteiger partial charge in [-0.3, -0.25) is 4.79 Å². The molecule has 1 aromatic rings. The van der Waals surface area contributed by atoms with Crippen LogP contribution < -0.4 is 10.1 Å². The van der Waals surface area contributed by atoms with Crippen molar-refractivity contribution in [3.63, 3.8) is 0 Å². The molecule has 0 heterocycles. The lowest BCUT2D eigenvalue weighted by atomic mass is 10.2. The molecule has 92 valence electrons. The Bertz CT molecular complexity index is 371. The van der Waals surface area contributed by atoms with E-state index < -0.39 is 0 Å². The van der Waals surface area contributed by atoms with Crippen molar-refractivity contribution in [2.75, 3.05) is 6.61 Å². The number of carbonyl (C=O) groups is 1. The predicted molar refractivity (Wildman–Crippen MR) is 63.6 cm³/mol. The Morgan fingerprint density at radius 3 is 2.65 bits per heavy atom. The highest BCUT2D eigenvalue weighted by Gasteiger charge is 2.22. The standard InChI is InChI=1S/C13H17NO3/c15-9-10-1-5-12(6-2-10)17-8-7-13(16)14-11-3-4-11/h1-2,5-6,11,15H,3-4,7-9H2,(H,14,16). The Balaban J connectivity index is 1.67. The predicted octanol–water partition coefficient (Wildman–Crippen LogP) is 1.23. The topological polar surface area (TPSA) is 58.6 Å². The lowest BCUT2D eigenvalue weighted by Gasteiger charge is -2.07. The first-order valence-corrected chi connectivity index (χ1v) is 5.90. The number of rotatable bonds is 6. The van der Waals surface area contributed by atoms with Gasteiger partial charge in [0, 0.05) is 6.04 Å². The van der Waals surface area contributed by atoms with Crippen LogP contribution in [0.1, 0.15) is 24.8 Å². The van der Waals surface area contributed by atoms with Crippen molar-refractivity contribution in [3.05, 3.63) is 29.8 Å². The average molecular weight is 235 g/mol. The van der Waals surface area contributed by atoms with Gasteiger partial charge >= 0.3 is 0 Å². The summed E-state index contributed by atoms with van der Waals surface area (Å²) in [6, 6.07) is 7.61. The molecule has 0 atom stereocenters. The lowest BCUT2D eigenvalue weighted by Crippen LogP contribution is -2.26. The third-order valence-electron chi connectivity index (χ3n) is 2.65. The van der Waals surface area contributed by atoms with Crippen LogP contribution in [0, 0.1) is 0 Å². The molecule has 1 fully saturated rings. The molecule has 0 bridgehead atoms. The van der Waals surface area contributed by atoms with Gasteiger partial charge in [-0.2, -0.15) is 0 Å². The molecular weight excluding hydrogens is 218 g/mol. The van der Waals surface area contributed by atoms with E-state index in [0.717, 1.165) is 24.2 Å². The Hall–Kier alpha value is -1.55. The fraction of sp³-hybridized carbons (Fsp3) is 0.462. The molecule has 0 radical (unpaired) electrons. The van der Waals surface area contributed by atoms with Crippen LogP contribution in [0.15, 0.2) is 24.3 Å². The first kappa shape index (κ1) is 11.9. The maximum Gasteiger partial charge on any atom is 0.223 e. The second-order valence-corrected chi connectivity index (χ2v) is 4.24. The molecule has 1 amide bonds. The number of amides is 1. The summed E-state index contributed by atoms with van der Waals surface area (Å²) >= 11 is 0. The molecule has 0 spiro atoms. The van der Waals surface area contributed by atoms with Crippen LogP contribution in [0.3, 0.4) is 0 Å². The minimum absolute atomic E-state index is 0.0318. The monoisotopic (exact) mass is 235 g/mol. The molecule has 0 aromatic heterocycles. The van der Waals surface area contributed by atoms with E-state index in [1.54, 1.807) is 24.3 Å². The SMILES string of the molecule is O=C(CCOc1ccc(CO)cc1)NC1CC1. The molecule has 0 aliphatic heterocycles. The van der Waals surface area contributed by atoms with Crippen molar-refractivity contribution < 1.29 is 14.6 Å². The van der Waals surface area contributed by atoms with E-state index in [0.29, 0.717) is 19.1 Å². The minimum atomic E-state index is 0.0318. The number of carbonyl (C=O) groups excluding carboxylic acids is 1. The molecule has 2 N–H and O–H groups in total. The van der Waals surface area contributed by atoms with E-state index in [1.807, 2.05) is 0 Å². The van der Waals surface area contributed by atoms with Crippen LogP contribution in [-0.2, 0) is 11.4 Å². The summed E-state index contributed by atoms with van der Waals surface area (Å²) in [6.45, 7) is 0.418. The van der Waals surface area contributed by atoms with Crippen LogP contribution in [0.2, 0.25) is 0 Å². The number of benzene rings is 1. The second kappa shape index (κ2) is 5.68. The maximum absolute atomic E-state index is 11.4. The summed E-state index contributed by atoms with van der Waals surface area (Å²) < 4.78 is 5.44. The van der Waals surface area contributed by atoms with Gasteiger partial charge in [0.2, 0.25) is 5.91 Å². The van der Waals surface area contributed by atoms with E-state index in [4.69, 9.17) is 9.84 Å². The van der Waals surface area contributed by atoms with Gasteiger partial charge in [0.25, 0.3) is 0 Å². The quantitative estimate of drug-likeness (QED) is 0.779. The van der Waals surface area contributed by atoms with Crippen LogP contribution >= 0.6 is 0 Å². The van der Waals surface area contributed by atoms with E-state index in [-0.39, 0.29) is 12.5 Å². The van der Waals surface area contributed by atoms with Crippen molar-refractivity contribution in [1.29, 1.82) is 0 Å². The van der Waals surface area contributed by atoms with Gasteiger partial charge in [0.05, 0.1) is 19.6 Å². The second-order valence-electron chi connectivity index (χ2n) is 4.24. The number of aliphatic hydroxyl groups excluding tert-OH is 1. The zero-order valence-electron chi connectivity index (χ0n) is 9.69. The number of aliphatic hydroxyl groups is 1. The molecule has 0 saturated heterocycles. The van der Waals surface area contributed by atoms with Gasteiger partial charge in [-0.1, -0.05) is 12.1 Å². The van der Waals surface area contributed by atoms with Gasteiger partial charge in [-0.05, 0) is 30.5 Å². The first-order valence-electron chi connectivity index (χ1n) is 5.90. The molecule has 1 aromatic carbocycles. The zero-order valence-corrected chi connectivity index (χ0v) is 9.69. The third-order valence-corrected chi connectivity index (χ3v) is 2.65. The molecule has 0 unspecified atom stereocenters. The summed E-state index contributed by atoms with van der Waals surface area (Å²) in [5.41, 5.74) is 0.851. The Morgan fingerprint density at radius 1 is 1.35 bits per heavy atom. The number of nitrogens with one attached hydrogen (secondary N) is 1. The summed E-state index contributed by atoms with van der Waals surface area (Å²) in [4.78, 5) is 11.4. The average Bonchev–Trinajstić information content (AvgIpc) is 3.14. The van der Waals surface area contributed by atoms with Crippen molar-refractivity contribution in [3.8, 4) is 5.75 Å². The smallest absolute Gasteiger partial charge is 0.223 e. The van der Waals surface area contributed by atoms with Crippen LogP contribution in [0.25, 0.3) is 0 Å². The lowest BCUT2D eigenvalue weighted by molar-refractivity contribution is -0.121. The van der Waals surface area contributed by atoms with Crippen LogP contribution in [0.5, 0.6) is 5.75 Å². The van der Waals surface area contributed by atoms with Crippen LogP contribution in [0.4, 0.5) is 0 Å². The third kappa shape index (κ3) is 4.07. The highest BCUT2D eigenvalue weighted by molar-refractivity contribution is 5.76. The fourth-order valence-corrected chi connectivity index (χ4v) is 1.48. The van der Waals surface area contributed by atoms with E-state index >= 15 is 0 Å². The molecule has 4 nitrogen and oxygen atoms in total. The first-order chi connectivity index (χ1) is 8.28. The van der Waals surface area contributed by atoms with E-state index in [1.165, 1.54) is 0 Å². The molecule has 1 aliphatic rings. The number of hydrogen-bond donors (Lipinski definition) is 2. The van der Waals surface area contributed by atoms with E-state index in [2.05, 4.69) is 5.32 Å². The van der Waals surface area contributed by atoms with Gasteiger partial charge < -0.3 is 15.2 Å². The fourth-order valence-electron chi connectivity index (χ4n) is 1.48. The summed E-state index contributed by atoms with van der Waals surface area (Å²) in [5, 5.41) is 11.8. The Kier molecular flexibility index (Phi) is 3.98. The summed E-state index contributed by atoms with van der Waals surface area (Å²) in [7, 11) is 0. The molecule has 4 heteroatoms. The molecule has 1 saturated carbocycles. The Morgan fingerprint density at radius 2 is 2.06 bits per heavy atom. The van der Waals surface area contributed by atoms with Gasteiger partial charge in [0.1, 0.15) is 5.75 Å². The van der Waals surface area contributed by atoms with Gasteiger partial charge in [-0.25, -0.2) is 0 Å². The van der Waals surface area contributed by atoms with Gasteiger partial charge in [-0.15, -0.1) is 0 Å². The normalized spacial score (nSPS) is 14.4. The summed E-state index contributed by atoms with van der Waals surface area (Å²) in [5.74, 6) is 0.779. The highest BCUT2D eigenvalue weighted by atomic mass is 16.5. The number of hydrogen-bond acceptors (Lipinski definition) is 3. The molecule has 17 heavy (non-hydrogen) atoms. The van der Waals surface area contributed by atoms with Crippen molar-refractivity contribution in [2.45, 2.75) is 31.9 Å². The highest BCUT2D eigenvalue weighted by Crippen LogP contribution is 2.18. The van der Waals surface area contributed by atoms with E-state index in [9.17, 15) is 4.79 Å². The zero-order chi connectivity index (χ0) is 12.1. The van der Waals surface area contributed by atoms with Gasteiger partial charge in [0.15, 0.2) is 0 Å². The number of ether oxygens (including phenoxy) is 1. The molecule has 1 aliphatic carbocycles. The Labute approximate surface area is 101 Å². The van der Waals surface area contributed by atoms with Crippen molar-refractivity contribution in [2.24, 2.45) is 0 Å². The maximum atomic E-state index is 11.4. The molecule has 2 rings (SSSR count). The van der Waals surface area contributed by atoms with Crippen molar-refractivity contribution in [1.82, 2.24) is 5.32 Å². The van der Waals surface area contributed by atoms with Crippen LogP contribution in [-0.4, -0.2) is 23.7 Å².